The van der Waals surface area contributed by atoms with Gasteiger partial charge in [-0.05, 0) is 30.2 Å². The number of ether oxygens (including phenoxy) is 2. The number of carbonyl (C=O) groups excluding carboxylic acids is 1. The molecule has 1 aliphatic heterocycles. The lowest BCUT2D eigenvalue weighted by atomic mass is 10.1. The Kier molecular flexibility index (Phi) is 6.54. The summed E-state index contributed by atoms with van der Waals surface area (Å²) in [7, 11) is 3.19. The highest BCUT2D eigenvalue weighted by Gasteiger charge is 2.25. The Hall–Kier alpha value is -3.29. The average Bonchev–Trinajstić information content (AvgIpc) is 2.77. The van der Waals surface area contributed by atoms with Crippen molar-refractivity contribution in [2.45, 2.75) is 12.8 Å². The molecular formula is C21H25N3O5. The van der Waals surface area contributed by atoms with Crippen molar-refractivity contribution in [2.24, 2.45) is 0 Å². The number of piperazine rings is 1. The number of hydrogen-bond acceptors (Lipinski definition) is 6. The SMILES string of the molecule is COc1cc(CCC(=O)N2CCN(c3ccccc3[N+](=O)[O-])CC2)cc(OC)c1. The zero-order chi connectivity index (χ0) is 20.8. The predicted molar refractivity (Wildman–Crippen MR) is 110 cm³/mol. The normalized spacial score (nSPS) is 13.9. The number of rotatable bonds is 7. The van der Waals surface area contributed by atoms with E-state index in [9.17, 15) is 14.9 Å². The van der Waals surface area contributed by atoms with Crippen LogP contribution in [0.3, 0.4) is 0 Å². The molecule has 2 aromatic rings. The molecule has 0 saturated carbocycles. The molecule has 0 spiro atoms. The molecule has 0 bridgehead atoms. The van der Waals surface area contributed by atoms with Gasteiger partial charge in [0.05, 0.1) is 19.1 Å². The summed E-state index contributed by atoms with van der Waals surface area (Å²) in [6, 6.07) is 12.3. The second-order valence-corrected chi connectivity index (χ2v) is 6.83. The van der Waals surface area contributed by atoms with Crippen LogP contribution in [0.25, 0.3) is 0 Å². The second-order valence-electron chi connectivity index (χ2n) is 6.83. The first-order valence-electron chi connectivity index (χ1n) is 9.50. The number of aryl methyl sites for hydroxylation is 1. The summed E-state index contributed by atoms with van der Waals surface area (Å²) in [6.07, 6.45) is 0.985. The van der Waals surface area contributed by atoms with Crippen LogP contribution in [0, 0.1) is 10.1 Å². The first kappa shape index (κ1) is 20.4. The number of benzene rings is 2. The minimum absolute atomic E-state index is 0.0778. The van der Waals surface area contributed by atoms with E-state index in [1.807, 2.05) is 21.9 Å². The highest BCUT2D eigenvalue weighted by Crippen LogP contribution is 2.28. The molecule has 0 N–H and O–H groups in total. The lowest BCUT2D eigenvalue weighted by molar-refractivity contribution is -0.384. The molecule has 8 heteroatoms. The molecule has 0 unspecified atom stereocenters. The van der Waals surface area contributed by atoms with Crippen molar-refractivity contribution in [2.75, 3.05) is 45.3 Å². The fourth-order valence-electron chi connectivity index (χ4n) is 3.50. The van der Waals surface area contributed by atoms with Crippen molar-refractivity contribution in [1.82, 2.24) is 4.90 Å². The lowest BCUT2D eigenvalue weighted by Crippen LogP contribution is -2.49. The predicted octanol–water partition coefficient (Wildman–Crippen LogP) is 2.89. The maximum absolute atomic E-state index is 12.6. The molecule has 154 valence electrons. The van der Waals surface area contributed by atoms with Crippen LogP contribution in [-0.2, 0) is 11.2 Å². The van der Waals surface area contributed by atoms with Crippen LogP contribution in [-0.4, -0.2) is 56.1 Å². The second kappa shape index (κ2) is 9.27. The van der Waals surface area contributed by atoms with Gasteiger partial charge in [-0.15, -0.1) is 0 Å². The van der Waals surface area contributed by atoms with E-state index >= 15 is 0 Å². The number of amides is 1. The van der Waals surface area contributed by atoms with Gasteiger partial charge in [-0.25, -0.2) is 0 Å². The summed E-state index contributed by atoms with van der Waals surface area (Å²) in [5, 5.41) is 11.2. The lowest BCUT2D eigenvalue weighted by Gasteiger charge is -2.35. The van der Waals surface area contributed by atoms with E-state index in [1.54, 1.807) is 38.5 Å². The van der Waals surface area contributed by atoms with Gasteiger partial charge in [0.15, 0.2) is 0 Å². The Balaban J connectivity index is 1.56. The Morgan fingerprint density at radius 3 is 2.24 bits per heavy atom. The van der Waals surface area contributed by atoms with Gasteiger partial charge < -0.3 is 19.3 Å². The van der Waals surface area contributed by atoms with Crippen molar-refractivity contribution >= 4 is 17.3 Å². The minimum Gasteiger partial charge on any atom is -0.497 e. The van der Waals surface area contributed by atoms with Crippen LogP contribution in [0.15, 0.2) is 42.5 Å². The first-order valence-corrected chi connectivity index (χ1v) is 9.50. The molecule has 1 saturated heterocycles. The topological polar surface area (TPSA) is 85.2 Å². The van der Waals surface area contributed by atoms with Gasteiger partial charge in [0, 0.05) is 44.7 Å². The number of hydrogen-bond donors (Lipinski definition) is 0. The van der Waals surface area contributed by atoms with Gasteiger partial charge in [0.1, 0.15) is 17.2 Å². The Morgan fingerprint density at radius 2 is 1.66 bits per heavy atom. The maximum Gasteiger partial charge on any atom is 0.292 e. The highest BCUT2D eigenvalue weighted by atomic mass is 16.6. The number of methoxy groups -OCH3 is 2. The van der Waals surface area contributed by atoms with Crippen LogP contribution >= 0.6 is 0 Å². The highest BCUT2D eigenvalue weighted by molar-refractivity contribution is 5.77. The number of nitrogens with zero attached hydrogens (tertiary/aromatic N) is 3. The van der Waals surface area contributed by atoms with Crippen LogP contribution in [0.1, 0.15) is 12.0 Å². The standard InChI is InChI=1S/C21H25N3O5/c1-28-17-13-16(14-18(15-17)29-2)7-8-21(25)23-11-9-22(10-12-23)19-5-3-4-6-20(19)24(26)27/h3-6,13-15H,7-12H2,1-2H3. The number of nitro benzene ring substituents is 1. The molecule has 1 heterocycles. The molecule has 2 aromatic carbocycles. The van der Waals surface area contributed by atoms with Crippen LogP contribution in [0.4, 0.5) is 11.4 Å². The molecule has 1 fully saturated rings. The van der Waals surface area contributed by atoms with E-state index in [-0.39, 0.29) is 16.5 Å². The van der Waals surface area contributed by atoms with Gasteiger partial charge in [0.25, 0.3) is 5.69 Å². The smallest absolute Gasteiger partial charge is 0.292 e. The number of para-hydroxylation sites is 2. The molecule has 1 amide bonds. The number of nitro groups is 1. The third-order valence-electron chi connectivity index (χ3n) is 5.09. The quantitative estimate of drug-likeness (QED) is 0.526. The van der Waals surface area contributed by atoms with Crippen molar-refractivity contribution in [3.63, 3.8) is 0 Å². The van der Waals surface area contributed by atoms with Crippen molar-refractivity contribution in [3.05, 3.63) is 58.1 Å². The summed E-state index contributed by atoms with van der Waals surface area (Å²) in [6.45, 7) is 2.24. The van der Waals surface area contributed by atoms with Crippen LogP contribution in [0.5, 0.6) is 11.5 Å². The molecule has 1 aliphatic rings. The largest absolute Gasteiger partial charge is 0.497 e. The van der Waals surface area contributed by atoms with Crippen molar-refractivity contribution in [3.8, 4) is 11.5 Å². The van der Waals surface area contributed by atoms with Gasteiger partial charge in [0.2, 0.25) is 5.91 Å². The van der Waals surface area contributed by atoms with Crippen LogP contribution < -0.4 is 14.4 Å². The van der Waals surface area contributed by atoms with Crippen LogP contribution in [0.2, 0.25) is 0 Å². The van der Waals surface area contributed by atoms with E-state index in [2.05, 4.69) is 0 Å². The first-order chi connectivity index (χ1) is 14.0. The van der Waals surface area contributed by atoms with Gasteiger partial charge in [-0.2, -0.15) is 0 Å². The summed E-state index contributed by atoms with van der Waals surface area (Å²) in [5.41, 5.74) is 1.68. The summed E-state index contributed by atoms with van der Waals surface area (Å²) in [5.74, 6) is 1.48. The molecule has 29 heavy (non-hydrogen) atoms. The van der Waals surface area contributed by atoms with Gasteiger partial charge in [-0.1, -0.05) is 12.1 Å². The van der Waals surface area contributed by atoms with E-state index < -0.39 is 0 Å². The Labute approximate surface area is 169 Å². The van der Waals surface area contributed by atoms with E-state index in [4.69, 9.17) is 9.47 Å². The number of carbonyl (C=O) groups is 1. The minimum atomic E-state index is -0.366. The summed E-state index contributed by atoms with van der Waals surface area (Å²) >= 11 is 0. The van der Waals surface area contributed by atoms with Crippen molar-refractivity contribution in [1.29, 1.82) is 0 Å². The van der Waals surface area contributed by atoms with E-state index in [0.29, 0.717) is 56.2 Å². The van der Waals surface area contributed by atoms with Gasteiger partial charge >= 0.3 is 0 Å². The fraction of sp³-hybridized carbons (Fsp3) is 0.381. The Bertz CT molecular complexity index is 856. The molecular weight excluding hydrogens is 374 g/mol. The third-order valence-corrected chi connectivity index (χ3v) is 5.09. The number of anilines is 1. The summed E-state index contributed by atoms with van der Waals surface area (Å²) < 4.78 is 10.5. The molecule has 0 aliphatic carbocycles. The zero-order valence-corrected chi connectivity index (χ0v) is 16.7. The molecule has 3 rings (SSSR count). The molecule has 0 aromatic heterocycles. The van der Waals surface area contributed by atoms with E-state index in [0.717, 1.165) is 5.56 Å². The maximum atomic E-state index is 12.6. The average molecular weight is 399 g/mol. The Morgan fingerprint density at radius 1 is 1.03 bits per heavy atom. The summed E-state index contributed by atoms with van der Waals surface area (Å²) in [4.78, 5) is 27.3. The third kappa shape index (κ3) is 4.96. The van der Waals surface area contributed by atoms with E-state index in [1.165, 1.54) is 6.07 Å². The molecule has 0 atom stereocenters. The monoisotopic (exact) mass is 399 g/mol. The molecule has 0 radical (unpaired) electrons. The van der Waals surface area contributed by atoms with Crippen molar-refractivity contribution < 1.29 is 19.2 Å². The fourth-order valence-corrected chi connectivity index (χ4v) is 3.50. The molecule has 8 nitrogen and oxygen atoms in total. The van der Waals surface area contributed by atoms with Gasteiger partial charge in [-0.3, -0.25) is 14.9 Å². The zero-order valence-electron chi connectivity index (χ0n) is 16.7.